The van der Waals surface area contributed by atoms with Crippen LogP contribution in [0, 0.1) is 25.7 Å². The van der Waals surface area contributed by atoms with E-state index in [4.69, 9.17) is 5.11 Å². The number of aliphatic carboxylic acids is 1. The molecule has 2 aromatic carbocycles. The number of benzene rings is 2. The first kappa shape index (κ1) is 30.2. The molecule has 0 radical (unpaired) electrons. The lowest BCUT2D eigenvalue weighted by molar-refractivity contribution is -0.146. The summed E-state index contributed by atoms with van der Waals surface area (Å²) in [7, 11) is 0.0507. The number of esters is 1. The molecule has 0 aliphatic carbocycles. The molecular formula is C28H31BN2O9. The number of carbonyl (C=O) groups excluding carboxylic acids is 5. The zero-order valence-corrected chi connectivity index (χ0v) is 22.6. The van der Waals surface area contributed by atoms with Gasteiger partial charge in [0.05, 0.1) is 7.11 Å². The molecule has 0 saturated carbocycles. The van der Waals surface area contributed by atoms with Crippen molar-refractivity contribution < 1.29 is 43.6 Å². The lowest BCUT2D eigenvalue weighted by Gasteiger charge is -2.23. The number of ketones is 2. The number of Topliss-reactive ketones (excluding diaryl/α,β-unsaturated/α-hetero) is 2. The van der Waals surface area contributed by atoms with E-state index in [1.54, 1.807) is 48.5 Å². The van der Waals surface area contributed by atoms with E-state index >= 15 is 0 Å². The fourth-order valence-electron chi connectivity index (χ4n) is 4.68. The van der Waals surface area contributed by atoms with Crippen LogP contribution < -0.4 is 5.32 Å². The van der Waals surface area contributed by atoms with Crippen LogP contribution in [0.3, 0.4) is 0 Å². The van der Waals surface area contributed by atoms with Gasteiger partial charge in [-0.25, -0.2) is 9.59 Å². The highest BCUT2D eigenvalue weighted by Crippen LogP contribution is 2.29. The molecule has 0 aromatic heterocycles. The van der Waals surface area contributed by atoms with E-state index in [9.17, 15) is 33.8 Å². The van der Waals surface area contributed by atoms with Gasteiger partial charge in [-0.2, -0.15) is 0 Å². The molecule has 2 heterocycles. The molecule has 0 bridgehead atoms. The van der Waals surface area contributed by atoms with Crippen LogP contribution >= 0.6 is 0 Å². The monoisotopic (exact) mass is 550 g/mol. The second-order valence-corrected chi connectivity index (χ2v) is 9.85. The van der Waals surface area contributed by atoms with Crippen molar-refractivity contribution in [2.24, 2.45) is 11.8 Å². The van der Waals surface area contributed by atoms with Gasteiger partial charge >= 0.3 is 19.0 Å². The first-order chi connectivity index (χ1) is 18.8. The number of aryl methyl sites for hydroxylation is 2. The zero-order valence-electron chi connectivity index (χ0n) is 22.6. The summed E-state index contributed by atoms with van der Waals surface area (Å²) in [6, 6.07) is 11.9. The van der Waals surface area contributed by atoms with Crippen molar-refractivity contribution in [3.05, 3.63) is 70.8 Å². The van der Waals surface area contributed by atoms with E-state index in [-0.39, 0.29) is 24.4 Å². The van der Waals surface area contributed by atoms with Crippen molar-refractivity contribution in [1.29, 1.82) is 0 Å². The predicted molar refractivity (Wildman–Crippen MR) is 143 cm³/mol. The minimum Gasteiger partial charge on any atom is -0.480 e. The van der Waals surface area contributed by atoms with Gasteiger partial charge in [0.2, 0.25) is 11.8 Å². The van der Waals surface area contributed by atoms with Gasteiger partial charge in [0.15, 0.2) is 11.6 Å². The van der Waals surface area contributed by atoms with E-state index in [0.29, 0.717) is 11.1 Å². The van der Waals surface area contributed by atoms with Crippen LogP contribution in [0.25, 0.3) is 0 Å². The van der Waals surface area contributed by atoms with Crippen LogP contribution in [0.4, 0.5) is 0 Å². The smallest absolute Gasteiger partial charge is 0.412 e. The summed E-state index contributed by atoms with van der Waals surface area (Å²) >= 11 is 0. The number of carboxylic acids is 1. The Balaban J connectivity index is 0.000000225. The molecule has 2 amide bonds. The van der Waals surface area contributed by atoms with Gasteiger partial charge in [-0.3, -0.25) is 19.2 Å². The quantitative estimate of drug-likeness (QED) is 0.200. The van der Waals surface area contributed by atoms with Crippen molar-refractivity contribution >= 4 is 42.4 Å². The van der Waals surface area contributed by atoms with E-state index in [1.807, 2.05) is 13.8 Å². The van der Waals surface area contributed by atoms with E-state index < -0.39 is 54.7 Å². The Kier molecular flexibility index (Phi) is 9.59. The maximum atomic E-state index is 12.5. The summed E-state index contributed by atoms with van der Waals surface area (Å²) in [5.41, 5.74) is 2.88. The molecule has 40 heavy (non-hydrogen) atoms. The number of hydrogen-bond donors (Lipinski definition) is 3. The normalized spacial score (nSPS) is 21.7. The number of methoxy groups -OCH3 is 1. The van der Waals surface area contributed by atoms with Crippen molar-refractivity contribution in [3.63, 3.8) is 0 Å². The highest BCUT2D eigenvalue weighted by molar-refractivity contribution is 6.50. The van der Waals surface area contributed by atoms with Crippen LogP contribution in [0.15, 0.2) is 48.5 Å². The number of ether oxygens (including phenoxy) is 1. The summed E-state index contributed by atoms with van der Waals surface area (Å²) < 4.78 is 4.66. The van der Waals surface area contributed by atoms with Crippen LogP contribution in [-0.2, 0) is 23.9 Å². The SMILES string of the molecule is COC(=O)[C@@H]1CC(C(=O)c2ccc(C)cc2)C(=O)N1B(C)O.Cc1ccc(C(=O)C2C[C@@H](C(=O)O)NC2=O)cc1. The lowest BCUT2D eigenvalue weighted by atomic mass is 9.84. The first-order valence-electron chi connectivity index (χ1n) is 12.7. The largest absolute Gasteiger partial charge is 0.480 e. The summed E-state index contributed by atoms with van der Waals surface area (Å²) in [6.45, 7) is 5.18. The number of nitrogens with zero attached hydrogens (tertiary/aromatic N) is 1. The second-order valence-electron chi connectivity index (χ2n) is 9.85. The average Bonchev–Trinajstić information content (AvgIpc) is 3.49. The van der Waals surface area contributed by atoms with E-state index in [1.165, 1.54) is 13.9 Å². The number of carbonyl (C=O) groups is 6. The van der Waals surface area contributed by atoms with Gasteiger partial charge in [-0.15, -0.1) is 0 Å². The minimum atomic E-state index is -1.16. The number of amides is 2. The Morgan fingerprint density at radius 2 is 1.35 bits per heavy atom. The van der Waals surface area contributed by atoms with E-state index in [2.05, 4.69) is 10.1 Å². The maximum Gasteiger partial charge on any atom is 0.412 e. The third-order valence-corrected chi connectivity index (χ3v) is 6.93. The molecule has 12 heteroatoms. The first-order valence-corrected chi connectivity index (χ1v) is 12.7. The molecule has 2 saturated heterocycles. The molecule has 2 aromatic rings. The molecule has 3 N–H and O–H groups in total. The Bertz CT molecular complexity index is 1310. The third-order valence-electron chi connectivity index (χ3n) is 6.93. The Hall–Kier alpha value is -4.32. The lowest BCUT2D eigenvalue weighted by Crippen LogP contribution is -2.48. The highest BCUT2D eigenvalue weighted by Gasteiger charge is 2.49. The van der Waals surface area contributed by atoms with Gasteiger partial charge in [0.25, 0.3) is 0 Å². The topological polar surface area (TPSA) is 167 Å². The molecule has 0 spiro atoms. The van der Waals surface area contributed by atoms with Gasteiger partial charge < -0.3 is 25.0 Å². The van der Waals surface area contributed by atoms with Crippen LogP contribution in [0.5, 0.6) is 0 Å². The molecule has 4 rings (SSSR count). The summed E-state index contributed by atoms with van der Waals surface area (Å²) in [6.07, 6.45) is 0.0317. The molecule has 2 fully saturated rings. The maximum absolute atomic E-state index is 12.5. The van der Waals surface area contributed by atoms with E-state index in [0.717, 1.165) is 15.9 Å². The summed E-state index contributed by atoms with van der Waals surface area (Å²) in [5.74, 6) is -5.33. The fourth-order valence-corrected chi connectivity index (χ4v) is 4.68. The number of rotatable bonds is 7. The molecule has 11 nitrogen and oxygen atoms in total. The van der Waals surface area contributed by atoms with Crippen molar-refractivity contribution in [2.75, 3.05) is 7.11 Å². The van der Waals surface area contributed by atoms with Crippen molar-refractivity contribution in [2.45, 2.75) is 45.6 Å². The molecule has 2 aliphatic heterocycles. The van der Waals surface area contributed by atoms with Crippen molar-refractivity contribution in [1.82, 2.24) is 10.1 Å². The third kappa shape index (κ3) is 6.63. The Labute approximate surface area is 231 Å². The van der Waals surface area contributed by atoms with Crippen LogP contribution in [0.2, 0.25) is 6.82 Å². The standard InChI is InChI=1S/C15H18BNO5.C13H13NO4/c1-9-4-6-10(7-5-9)13(18)11-8-12(15(20)22-3)17(14(11)19)16(2)21;1-7-2-4-8(5-3-7)11(15)9-6-10(13(17)18)14-12(9)16/h4-7,11-12,21H,8H2,1-3H3;2-5,9-10H,6H2,1H3,(H,14,16)(H,17,18)/t11?,12-;9?,10-/m00/s1. The van der Waals surface area contributed by atoms with Crippen molar-refractivity contribution in [3.8, 4) is 0 Å². The molecule has 210 valence electrons. The van der Waals surface area contributed by atoms with Gasteiger partial charge in [-0.05, 0) is 33.5 Å². The minimum absolute atomic E-state index is 0.0148. The summed E-state index contributed by atoms with van der Waals surface area (Å²) in [4.78, 5) is 72.1. The number of nitrogens with one attached hydrogen (secondary N) is 1. The van der Waals surface area contributed by atoms with Gasteiger partial charge in [0, 0.05) is 11.1 Å². The Morgan fingerprint density at radius 3 is 1.75 bits per heavy atom. The van der Waals surface area contributed by atoms with Crippen LogP contribution in [-0.4, -0.2) is 76.5 Å². The molecule has 4 atom stereocenters. The van der Waals surface area contributed by atoms with Gasteiger partial charge in [-0.1, -0.05) is 59.7 Å². The number of hydrogen-bond acceptors (Lipinski definition) is 8. The predicted octanol–water partition coefficient (Wildman–Crippen LogP) is 1.45. The number of carboxylic acid groups (broad SMARTS) is 1. The zero-order chi connectivity index (χ0) is 29.7. The Morgan fingerprint density at radius 1 is 0.875 bits per heavy atom. The molecular weight excluding hydrogens is 519 g/mol. The molecule has 2 unspecified atom stereocenters. The average molecular weight is 550 g/mol. The second kappa shape index (κ2) is 12.7. The molecule has 2 aliphatic rings. The highest BCUT2D eigenvalue weighted by atomic mass is 16.5. The van der Waals surface area contributed by atoms with Gasteiger partial charge in [0.1, 0.15) is 23.9 Å². The summed E-state index contributed by atoms with van der Waals surface area (Å²) in [5, 5.41) is 20.8. The fraction of sp³-hybridized carbons (Fsp3) is 0.357. The van der Waals surface area contributed by atoms with Crippen LogP contribution in [0.1, 0.15) is 44.7 Å².